The summed E-state index contributed by atoms with van der Waals surface area (Å²) < 4.78 is 43.5. The standard InChI is InChI=1S/C15H17F3N4O2/c1-8-2-3-9(24-7-8)6-12(23)20-14-10-4-5-11(15(16,17)18)19-13(10)21-22-14/h4-5,8-9H,2-3,6-7H2,1H3,(H2,19,20,21,22,23)/t8-,9+/m1/s1. The predicted molar refractivity (Wildman–Crippen MR) is 80.3 cm³/mol. The van der Waals surface area contributed by atoms with Crippen LogP contribution in [-0.2, 0) is 15.7 Å². The van der Waals surface area contributed by atoms with Gasteiger partial charge in [-0.05, 0) is 30.9 Å². The van der Waals surface area contributed by atoms with Crippen LogP contribution in [0.25, 0.3) is 11.0 Å². The number of ether oxygens (including phenoxy) is 1. The monoisotopic (exact) mass is 342 g/mol. The number of carbonyl (C=O) groups excluding carboxylic acids is 1. The van der Waals surface area contributed by atoms with E-state index in [0.717, 1.165) is 18.9 Å². The lowest BCUT2D eigenvalue weighted by atomic mass is 9.98. The van der Waals surface area contributed by atoms with Crippen molar-refractivity contribution in [2.75, 3.05) is 11.9 Å². The van der Waals surface area contributed by atoms with E-state index in [1.165, 1.54) is 6.07 Å². The van der Waals surface area contributed by atoms with Crippen molar-refractivity contribution in [3.05, 3.63) is 17.8 Å². The summed E-state index contributed by atoms with van der Waals surface area (Å²) in [6, 6.07) is 2.10. The molecule has 2 aromatic rings. The zero-order valence-corrected chi connectivity index (χ0v) is 13.0. The van der Waals surface area contributed by atoms with Gasteiger partial charge in [-0.1, -0.05) is 6.92 Å². The molecule has 2 N–H and O–H groups in total. The highest BCUT2D eigenvalue weighted by atomic mass is 19.4. The van der Waals surface area contributed by atoms with Gasteiger partial charge in [0, 0.05) is 6.61 Å². The Kier molecular flexibility index (Phi) is 4.44. The van der Waals surface area contributed by atoms with Crippen LogP contribution in [-0.4, -0.2) is 33.8 Å². The van der Waals surface area contributed by atoms with E-state index in [0.29, 0.717) is 17.9 Å². The number of rotatable bonds is 3. The number of aromatic nitrogens is 3. The minimum Gasteiger partial charge on any atom is -0.377 e. The minimum absolute atomic E-state index is 0.0251. The largest absolute Gasteiger partial charge is 0.433 e. The van der Waals surface area contributed by atoms with Crippen LogP contribution >= 0.6 is 0 Å². The summed E-state index contributed by atoms with van der Waals surface area (Å²) in [6.07, 6.45) is -2.66. The van der Waals surface area contributed by atoms with E-state index >= 15 is 0 Å². The second kappa shape index (κ2) is 6.39. The first-order valence-electron chi connectivity index (χ1n) is 7.66. The van der Waals surface area contributed by atoms with Gasteiger partial charge < -0.3 is 10.1 Å². The Balaban J connectivity index is 1.68. The number of anilines is 1. The van der Waals surface area contributed by atoms with Crippen LogP contribution in [0.1, 0.15) is 31.9 Å². The van der Waals surface area contributed by atoms with Crippen LogP contribution in [0, 0.1) is 5.92 Å². The van der Waals surface area contributed by atoms with Crippen molar-refractivity contribution in [1.29, 1.82) is 0 Å². The van der Waals surface area contributed by atoms with Gasteiger partial charge in [-0.15, -0.1) is 0 Å². The number of hydrogen-bond donors (Lipinski definition) is 2. The molecule has 2 atom stereocenters. The van der Waals surface area contributed by atoms with Gasteiger partial charge in [-0.25, -0.2) is 4.98 Å². The zero-order valence-electron chi connectivity index (χ0n) is 13.0. The molecule has 6 nitrogen and oxygen atoms in total. The zero-order chi connectivity index (χ0) is 17.3. The first-order chi connectivity index (χ1) is 11.3. The molecule has 24 heavy (non-hydrogen) atoms. The lowest BCUT2D eigenvalue weighted by Crippen LogP contribution is -2.28. The molecule has 0 aromatic carbocycles. The predicted octanol–water partition coefficient (Wildman–Crippen LogP) is 3.12. The average Bonchev–Trinajstić information content (AvgIpc) is 2.91. The van der Waals surface area contributed by atoms with E-state index in [2.05, 4.69) is 27.4 Å². The van der Waals surface area contributed by atoms with E-state index in [4.69, 9.17) is 4.74 Å². The lowest BCUT2D eigenvalue weighted by molar-refractivity contribution is -0.141. The van der Waals surface area contributed by atoms with Gasteiger partial charge in [-0.3, -0.25) is 9.89 Å². The van der Waals surface area contributed by atoms with Crippen molar-refractivity contribution < 1.29 is 22.7 Å². The fourth-order valence-corrected chi connectivity index (χ4v) is 2.65. The van der Waals surface area contributed by atoms with Crippen molar-refractivity contribution in [3.8, 4) is 0 Å². The Labute approximate surface area is 135 Å². The Morgan fingerprint density at radius 3 is 2.88 bits per heavy atom. The van der Waals surface area contributed by atoms with Gasteiger partial charge in [0.15, 0.2) is 11.5 Å². The van der Waals surface area contributed by atoms with Gasteiger partial charge in [-0.2, -0.15) is 18.3 Å². The summed E-state index contributed by atoms with van der Waals surface area (Å²) in [5.41, 5.74) is -1.04. The third kappa shape index (κ3) is 3.66. The van der Waals surface area contributed by atoms with E-state index in [1.807, 2.05) is 0 Å². The van der Waals surface area contributed by atoms with Crippen molar-refractivity contribution in [2.24, 2.45) is 5.92 Å². The Bertz CT molecular complexity index is 736. The topological polar surface area (TPSA) is 79.9 Å². The van der Waals surface area contributed by atoms with E-state index in [1.54, 1.807) is 0 Å². The first-order valence-corrected chi connectivity index (χ1v) is 7.66. The molecule has 3 heterocycles. The number of pyridine rings is 1. The SMILES string of the molecule is C[C@@H]1CC[C@@H](CC(=O)Nc2n[nH]c3nc(C(F)(F)F)ccc23)OC1. The van der Waals surface area contributed by atoms with Crippen LogP contribution < -0.4 is 5.32 Å². The van der Waals surface area contributed by atoms with Crippen molar-refractivity contribution in [2.45, 2.75) is 38.5 Å². The van der Waals surface area contributed by atoms with Crippen LogP contribution in [0.3, 0.4) is 0 Å². The maximum Gasteiger partial charge on any atom is 0.433 e. The number of nitrogens with zero attached hydrogens (tertiary/aromatic N) is 2. The molecule has 0 spiro atoms. The van der Waals surface area contributed by atoms with Crippen molar-refractivity contribution in [3.63, 3.8) is 0 Å². The highest BCUT2D eigenvalue weighted by Crippen LogP contribution is 2.30. The van der Waals surface area contributed by atoms with Crippen molar-refractivity contribution >= 4 is 22.8 Å². The smallest absolute Gasteiger partial charge is 0.377 e. The van der Waals surface area contributed by atoms with Gasteiger partial charge >= 0.3 is 6.18 Å². The minimum atomic E-state index is -4.53. The molecule has 0 radical (unpaired) electrons. The molecule has 0 saturated carbocycles. The fourth-order valence-electron chi connectivity index (χ4n) is 2.65. The highest BCUT2D eigenvalue weighted by Gasteiger charge is 2.33. The number of aromatic amines is 1. The van der Waals surface area contributed by atoms with Crippen LogP contribution in [0.15, 0.2) is 12.1 Å². The molecule has 2 aromatic heterocycles. The highest BCUT2D eigenvalue weighted by molar-refractivity contribution is 5.98. The molecule has 130 valence electrons. The molecule has 1 fully saturated rings. The number of nitrogens with one attached hydrogen (secondary N) is 2. The molecular weight excluding hydrogens is 325 g/mol. The summed E-state index contributed by atoms with van der Waals surface area (Å²) in [7, 11) is 0. The molecular formula is C15H17F3N4O2. The third-order valence-corrected chi connectivity index (χ3v) is 3.98. The molecule has 1 amide bonds. The molecule has 1 aliphatic heterocycles. The van der Waals surface area contributed by atoms with Crippen LogP contribution in [0.4, 0.5) is 19.0 Å². The average molecular weight is 342 g/mol. The second-order valence-corrected chi connectivity index (χ2v) is 6.05. The quantitative estimate of drug-likeness (QED) is 0.898. The van der Waals surface area contributed by atoms with E-state index in [-0.39, 0.29) is 29.9 Å². The second-order valence-electron chi connectivity index (χ2n) is 6.05. The van der Waals surface area contributed by atoms with Crippen LogP contribution in [0.2, 0.25) is 0 Å². The van der Waals surface area contributed by atoms with E-state index < -0.39 is 11.9 Å². The first kappa shape index (κ1) is 16.7. The number of amides is 1. The molecule has 1 aliphatic rings. The van der Waals surface area contributed by atoms with Crippen LogP contribution in [0.5, 0.6) is 0 Å². The van der Waals surface area contributed by atoms with Gasteiger partial charge in [0.2, 0.25) is 5.91 Å². The normalized spacial score (nSPS) is 21.8. The third-order valence-electron chi connectivity index (χ3n) is 3.98. The summed E-state index contributed by atoms with van der Waals surface area (Å²) in [6.45, 7) is 2.72. The molecule has 9 heteroatoms. The Hall–Kier alpha value is -2.16. The van der Waals surface area contributed by atoms with E-state index in [9.17, 15) is 18.0 Å². The molecule has 0 unspecified atom stereocenters. The number of hydrogen-bond acceptors (Lipinski definition) is 4. The summed E-state index contributed by atoms with van der Waals surface area (Å²) >= 11 is 0. The van der Waals surface area contributed by atoms with Gasteiger partial charge in [0.25, 0.3) is 0 Å². The molecule has 3 rings (SSSR count). The van der Waals surface area contributed by atoms with Crippen molar-refractivity contribution in [1.82, 2.24) is 15.2 Å². The maximum atomic E-state index is 12.6. The van der Waals surface area contributed by atoms with Gasteiger partial charge in [0.1, 0.15) is 5.69 Å². The summed E-state index contributed by atoms with van der Waals surface area (Å²) in [5.74, 6) is 0.372. The number of halogens is 3. The number of alkyl halides is 3. The number of H-pyrrole nitrogens is 1. The fraction of sp³-hybridized carbons (Fsp3) is 0.533. The maximum absolute atomic E-state index is 12.6. The Morgan fingerprint density at radius 1 is 1.42 bits per heavy atom. The lowest BCUT2D eigenvalue weighted by Gasteiger charge is -2.26. The van der Waals surface area contributed by atoms with Gasteiger partial charge in [0.05, 0.1) is 17.9 Å². The molecule has 1 saturated heterocycles. The molecule has 0 aliphatic carbocycles. The summed E-state index contributed by atoms with van der Waals surface area (Å²) in [5, 5.41) is 9.17. The number of fused-ring (bicyclic) bond motifs is 1. The summed E-state index contributed by atoms with van der Waals surface area (Å²) in [4.78, 5) is 15.6. The number of carbonyl (C=O) groups is 1. The Morgan fingerprint density at radius 2 is 2.21 bits per heavy atom. The molecule has 0 bridgehead atoms.